The van der Waals surface area contributed by atoms with Crippen LogP contribution in [0.25, 0.3) is 0 Å². The van der Waals surface area contributed by atoms with E-state index >= 15 is 0 Å². The van der Waals surface area contributed by atoms with Crippen molar-refractivity contribution in [1.29, 1.82) is 0 Å². The van der Waals surface area contributed by atoms with E-state index in [4.69, 9.17) is 4.74 Å². The molecule has 1 aromatic rings. The second kappa shape index (κ2) is 8.63. The summed E-state index contributed by atoms with van der Waals surface area (Å²) in [6, 6.07) is 7.98. The van der Waals surface area contributed by atoms with Crippen LogP contribution in [0, 0.1) is 0 Å². The van der Waals surface area contributed by atoms with Gasteiger partial charge in [0.15, 0.2) is 0 Å². The molecule has 0 saturated carbocycles. The molecule has 1 aliphatic heterocycles. The zero-order valence-corrected chi connectivity index (χ0v) is 13.7. The zero-order chi connectivity index (χ0) is 15.8. The summed E-state index contributed by atoms with van der Waals surface area (Å²) in [6.45, 7) is 7.55. The Balaban J connectivity index is 1.72. The van der Waals surface area contributed by atoms with Crippen molar-refractivity contribution in [1.82, 2.24) is 15.1 Å². The number of hydrogen-bond acceptors (Lipinski definition) is 3. The number of amides is 2. The van der Waals surface area contributed by atoms with Gasteiger partial charge in [0.05, 0.1) is 7.11 Å². The lowest BCUT2D eigenvalue weighted by Crippen LogP contribution is -2.52. The Kier molecular flexibility index (Phi) is 6.52. The maximum absolute atomic E-state index is 12.2. The molecular formula is C17H27N3O2. The standard InChI is InChI=1S/C17H27N3O2/c1-3-10-19-11-13-20(14-12-19)17(21)18-9-8-15-6-4-5-7-16(15)22-2/h4-7H,3,8-14H2,1-2H3,(H,18,21). The Morgan fingerprint density at radius 2 is 1.95 bits per heavy atom. The smallest absolute Gasteiger partial charge is 0.317 e. The van der Waals surface area contributed by atoms with Crippen LogP contribution in [0.15, 0.2) is 24.3 Å². The molecule has 1 saturated heterocycles. The molecule has 5 nitrogen and oxygen atoms in total. The number of nitrogens with one attached hydrogen (secondary N) is 1. The molecule has 1 aliphatic rings. The normalized spacial score (nSPS) is 15.6. The first kappa shape index (κ1) is 16.6. The van der Waals surface area contributed by atoms with Crippen molar-refractivity contribution in [3.63, 3.8) is 0 Å². The van der Waals surface area contributed by atoms with Crippen molar-refractivity contribution in [2.24, 2.45) is 0 Å². The second-order valence-corrected chi connectivity index (χ2v) is 5.62. The van der Waals surface area contributed by atoms with E-state index in [2.05, 4.69) is 17.1 Å². The Morgan fingerprint density at radius 1 is 1.23 bits per heavy atom. The Morgan fingerprint density at radius 3 is 2.64 bits per heavy atom. The monoisotopic (exact) mass is 305 g/mol. The molecule has 2 rings (SSSR count). The quantitative estimate of drug-likeness (QED) is 0.874. The van der Waals surface area contributed by atoms with Gasteiger partial charge < -0.3 is 15.0 Å². The number of piperazine rings is 1. The van der Waals surface area contributed by atoms with Gasteiger partial charge >= 0.3 is 6.03 Å². The molecule has 0 radical (unpaired) electrons. The van der Waals surface area contributed by atoms with Crippen molar-refractivity contribution >= 4 is 6.03 Å². The summed E-state index contributed by atoms with van der Waals surface area (Å²) in [4.78, 5) is 16.5. The van der Waals surface area contributed by atoms with Crippen LogP contribution in [0.3, 0.4) is 0 Å². The molecule has 1 heterocycles. The SMILES string of the molecule is CCCN1CCN(C(=O)NCCc2ccccc2OC)CC1. The van der Waals surface area contributed by atoms with Gasteiger partial charge in [0.2, 0.25) is 0 Å². The van der Waals surface area contributed by atoms with E-state index in [9.17, 15) is 4.79 Å². The molecular weight excluding hydrogens is 278 g/mol. The van der Waals surface area contributed by atoms with Crippen molar-refractivity contribution in [3.8, 4) is 5.75 Å². The van der Waals surface area contributed by atoms with E-state index < -0.39 is 0 Å². The highest BCUT2D eigenvalue weighted by molar-refractivity contribution is 5.74. The highest BCUT2D eigenvalue weighted by Gasteiger charge is 2.20. The predicted molar refractivity (Wildman–Crippen MR) is 88.4 cm³/mol. The van der Waals surface area contributed by atoms with Gasteiger partial charge in [-0.05, 0) is 31.0 Å². The number of rotatable bonds is 6. The highest BCUT2D eigenvalue weighted by Crippen LogP contribution is 2.17. The highest BCUT2D eigenvalue weighted by atomic mass is 16.5. The Labute approximate surface area is 133 Å². The van der Waals surface area contributed by atoms with E-state index in [1.54, 1.807) is 7.11 Å². The van der Waals surface area contributed by atoms with Gasteiger partial charge in [0, 0.05) is 32.7 Å². The summed E-state index contributed by atoms with van der Waals surface area (Å²) < 4.78 is 5.33. The Hall–Kier alpha value is -1.75. The number of benzene rings is 1. The summed E-state index contributed by atoms with van der Waals surface area (Å²) in [6.07, 6.45) is 1.96. The van der Waals surface area contributed by atoms with E-state index in [0.29, 0.717) is 6.54 Å². The minimum atomic E-state index is 0.0473. The van der Waals surface area contributed by atoms with Crippen molar-refractivity contribution in [2.75, 3.05) is 46.4 Å². The summed E-state index contributed by atoms with van der Waals surface area (Å²) >= 11 is 0. The van der Waals surface area contributed by atoms with E-state index in [0.717, 1.165) is 50.5 Å². The number of urea groups is 1. The number of ether oxygens (including phenoxy) is 1. The minimum absolute atomic E-state index is 0.0473. The van der Waals surface area contributed by atoms with Gasteiger partial charge in [-0.3, -0.25) is 4.90 Å². The summed E-state index contributed by atoms with van der Waals surface area (Å²) in [5.74, 6) is 0.880. The molecule has 5 heteroatoms. The molecule has 122 valence electrons. The average Bonchev–Trinajstić information content (AvgIpc) is 2.56. The molecule has 0 spiro atoms. The topological polar surface area (TPSA) is 44.8 Å². The third-order valence-corrected chi connectivity index (χ3v) is 4.06. The average molecular weight is 305 g/mol. The summed E-state index contributed by atoms with van der Waals surface area (Å²) in [5.41, 5.74) is 1.12. The second-order valence-electron chi connectivity index (χ2n) is 5.62. The third-order valence-electron chi connectivity index (χ3n) is 4.06. The fourth-order valence-corrected chi connectivity index (χ4v) is 2.82. The van der Waals surface area contributed by atoms with Crippen LogP contribution in [-0.2, 0) is 6.42 Å². The van der Waals surface area contributed by atoms with Crippen molar-refractivity contribution < 1.29 is 9.53 Å². The van der Waals surface area contributed by atoms with Crippen molar-refractivity contribution in [2.45, 2.75) is 19.8 Å². The number of para-hydroxylation sites is 1. The van der Waals surface area contributed by atoms with Crippen LogP contribution in [0.1, 0.15) is 18.9 Å². The van der Waals surface area contributed by atoms with Gasteiger partial charge in [-0.15, -0.1) is 0 Å². The summed E-state index contributed by atoms with van der Waals surface area (Å²) in [5, 5.41) is 3.01. The molecule has 0 bridgehead atoms. The van der Waals surface area contributed by atoms with E-state index in [1.807, 2.05) is 29.2 Å². The first-order valence-corrected chi connectivity index (χ1v) is 8.11. The van der Waals surface area contributed by atoms with Gasteiger partial charge in [-0.1, -0.05) is 25.1 Å². The van der Waals surface area contributed by atoms with Gasteiger partial charge in [0.25, 0.3) is 0 Å². The molecule has 0 aliphatic carbocycles. The largest absolute Gasteiger partial charge is 0.496 e. The van der Waals surface area contributed by atoms with Crippen LogP contribution < -0.4 is 10.1 Å². The number of carbonyl (C=O) groups excluding carboxylic acids is 1. The molecule has 1 fully saturated rings. The van der Waals surface area contributed by atoms with Gasteiger partial charge in [-0.25, -0.2) is 4.79 Å². The van der Waals surface area contributed by atoms with E-state index in [1.165, 1.54) is 6.42 Å². The number of hydrogen-bond donors (Lipinski definition) is 1. The number of methoxy groups -OCH3 is 1. The molecule has 0 atom stereocenters. The summed E-state index contributed by atoms with van der Waals surface area (Å²) in [7, 11) is 1.67. The maximum atomic E-state index is 12.2. The lowest BCUT2D eigenvalue weighted by Gasteiger charge is -2.34. The lowest BCUT2D eigenvalue weighted by atomic mass is 10.1. The first-order chi connectivity index (χ1) is 10.7. The molecule has 22 heavy (non-hydrogen) atoms. The minimum Gasteiger partial charge on any atom is -0.496 e. The molecule has 1 N–H and O–H groups in total. The van der Waals surface area contributed by atoms with Crippen LogP contribution in [0.5, 0.6) is 5.75 Å². The first-order valence-electron chi connectivity index (χ1n) is 8.11. The van der Waals surface area contributed by atoms with Crippen LogP contribution in [-0.4, -0.2) is 62.2 Å². The molecule has 0 unspecified atom stereocenters. The van der Waals surface area contributed by atoms with Crippen molar-refractivity contribution in [3.05, 3.63) is 29.8 Å². The number of carbonyl (C=O) groups is 1. The lowest BCUT2D eigenvalue weighted by molar-refractivity contribution is 0.139. The fraction of sp³-hybridized carbons (Fsp3) is 0.588. The predicted octanol–water partition coefficient (Wildman–Crippen LogP) is 1.97. The maximum Gasteiger partial charge on any atom is 0.317 e. The van der Waals surface area contributed by atoms with Crippen LogP contribution >= 0.6 is 0 Å². The molecule has 0 aromatic heterocycles. The Bertz CT molecular complexity index is 471. The number of nitrogens with zero attached hydrogens (tertiary/aromatic N) is 2. The van der Waals surface area contributed by atoms with Crippen LogP contribution in [0.2, 0.25) is 0 Å². The fourth-order valence-electron chi connectivity index (χ4n) is 2.82. The van der Waals surface area contributed by atoms with Gasteiger partial charge in [-0.2, -0.15) is 0 Å². The molecule has 2 amide bonds. The van der Waals surface area contributed by atoms with E-state index in [-0.39, 0.29) is 6.03 Å². The molecule has 1 aromatic carbocycles. The zero-order valence-electron chi connectivity index (χ0n) is 13.7. The third kappa shape index (κ3) is 4.63. The van der Waals surface area contributed by atoms with Crippen LogP contribution in [0.4, 0.5) is 4.79 Å². The van der Waals surface area contributed by atoms with Gasteiger partial charge in [0.1, 0.15) is 5.75 Å².